The second kappa shape index (κ2) is 5.44. The van der Waals surface area contributed by atoms with E-state index in [4.69, 9.17) is 14.2 Å². The quantitative estimate of drug-likeness (QED) is 0.915. The monoisotopic (exact) mass is 308 g/mol. The summed E-state index contributed by atoms with van der Waals surface area (Å²) >= 11 is 1.20. The van der Waals surface area contributed by atoms with E-state index in [1.54, 1.807) is 26.4 Å². The van der Waals surface area contributed by atoms with Crippen LogP contribution in [-0.4, -0.2) is 31.4 Å². The zero-order valence-corrected chi connectivity index (χ0v) is 12.7. The predicted octanol–water partition coefficient (Wildman–Crippen LogP) is 3.55. The molecule has 1 aromatic carbocycles. The first kappa shape index (κ1) is 14.0. The number of rotatable bonds is 5. The highest BCUT2D eigenvalue weighted by Gasteiger charge is 2.26. The normalized spacial score (nSPS) is 14.8. The van der Waals surface area contributed by atoms with Gasteiger partial charge in [0.1, 0.15) is 0 Å². The zero-order chi connectivity index (χ0) is 15.0. The van der Waals surface area contributed by atoms with Crippen molar-refractivity contribution in [3.05, 3.63) is 17.0 Å². The molecule has 0 atom stereocenters. The van der Waals surface area contributed by atoms with Gasteiger partial charge >= 0.3 is 5.97 Å². The third-order valence-electron chi connectivity index (χ3n) is 3.68. The summed E-state index contributed by atoms with van der Waals surface area (Å²) in [6, 6.07) is 3.57. The highest BCUT2D eigenvalue weighted by atomic mass is 32.1. The van der Waals surface area contributed by atoms with Crippen LogP contribution in [0.3, 0.4) is 0 Å². The van der Waals surface area contributed by atoms with Gasteiger partial charge in [-0.25, -0.2) is 4.79 Å². The van der Waals surface area contributed by atoms with Crippen LogP contribution >= 0.6 is 11.3 Å². The smallest absolute Gasteiger partial charge is 0.349 e. The van der Waals surface area contributed by atoms with Crippen LogP contribution < -0.4 is 14.2 Å². The summed E-state index contributed by atoms with van der Waals surface area (Å²) in [6.07, 6.45) is 3.20. The molecule has 1 aliphatic rings. The average molecular weight is 308 g/mol. The largest absolute Gasteiger partial charge is 0.493 e. The van der Waals surface area contributed by atoms with E-state index >= 15 is 0 Å². The Kier molecular flexibility index (Phi) is 3.63. The van der Waals surface area contributed by atoms with Crippen LogP contribution in [0, 0.1) is 0 Å². The molecule has 21 heavy (non-hydrogen) atoms. The summed E-state index contributed by atoms with van der Waals surface area (Å²) in [5, 5.41) is 10.2. The molecule has 5 nitrogen and oxygen atoms in total. The molecule has 1 saturated carbocycles. The fourth-order valence-electron chi connectivity index (χ4n) is 2.31. The SMILES string of the molecule is COc1cc2sc(C(=O)O)c(OC3CCC3)c2cc1OC. The van der Waals surface area contributed by atoms with Gasteiger partial charge < -0.3 is 19.3 Å². The number of fused-ring (bicyclic) bond motifs is 1. The second-order valence-corrected chi connectivity index (χ2v) is 5.99. The van der Waals surface area contributed by atoms with Crippen molar-refractivity contribution in [3.63, 3.8) is 0 Å². The second-order valence-electron chi connectivity index (χ2n) is 4.94. The standard InChI is InChI=1S/C15H16O5S/c1-18-10-6-9-12(7-11(10)19-2)21-14(15(16)17)13(9)20-8-4-3-5-8/h6-8H,3-5H2,1-2H3,(H,16,17). The summed E-state index contributed by atoms with van der Waals surface area (Å²) in [7, 11) is 3.11. The van der Waals surface area contributed by atoms with Crippen molar-refractivity contribution in [1.29, 1.82) is 0 Å². The van der Waals surface area contributed by atoms with Crippen molar-refractivity contribution in [2.45, 2.75) is 25.4 Å². The van der Waals surface area contributed by atoms with Crippen molar-refractivity contribution in [1.82, 2.24) is 0 Å². The molecule has 1 fully saturated rings. The molecule has 112 valence electrons. The maximum atomic E-state index is 11.5. The summed E-state index contributed by atoms with van der Waals surface area (Å²) in [4.78, 5) is 11.7. The average Bonchev–Trinajstić information content (AvgIpc) is 2.79. The summed E-state index contributed by atoms with van der Waals surface area (Å²) in [5.74, 6) is 0.633. The van der Waals surface area contributed by atoms with Gasteiger partial charge in [-0.1, -0.05) is 0 Å². The number of thiophene rings is 1. The van der Waals surface area contributed by atoms with E-state index in [9.17, 15) is 9.90 Å². The third-order valence-corrected chi connectivity index (χ3v) is 4.80. The zero-order valence-electron chi connectivity index (χ0n) is 11.8. The van der Waals surface area contributed by atoms with E-state index in [0.29, 0.717) is 17.2 Å². The molecule has 6 heteroatoms. The number of hydrogen-bond acceptors (Lipinski definition) is 5. The number of carboxylic acids is 1. The molecule has 1 aromatic heterocycles. The number of hydrogen-bond donors (Lipinski definition) is 1. The maximum absolute atomic E-state index is 11.5. The van der Waals surface area contributed by atoms with Crippen LogP contribution in [-0.2, 0) is 0 Å². The van der Waals surface area contributed by atoms with Gasteiger partial charge in [-0.3, -0.25) is 0 Å². The number of ether oxygens (including phenoxy) is 3. The van der Waals surface area contributed by atoms with Gasteiger partial charge in [0.25, 0.3) is 0 Å². The van der Waals surface area contributed by atoms with Crippen molar-refractivity contribution >= 4 is 27.4 Å². The van der Waals surface area contributed by atoms with Gasteiger partial charge in [0.2, 0.25) is 0 Å². The molecule has 2 aromatic rings. The van der Waals surface area contributed by atoms with Crippen LogP contribution in [0.4, 0.5) is 0 Å². The molecule has 3 rings (SSSR count). The van der Waals surface area contributed by atoms with Gasteiger partial charge in [0.15, 0.2) is 22.1 Å². The van der Waals surface area contributed by atoms with E-state index in [1.807, 2.05) is 0 Å². The fraction of sp³-hybridized carbons (Fsp3) is 0.400. The van der Waals surface area contributed by atoms with E-state index < -0.39 is 5.97 Å². The molecular formula is C15H16O5S. The van der Waals surface area contributed by atoms with Gasteiger partial charge in [-0.05, 0) is 25.3 Å². The van der Waals surface area contributed by atoms with Crippen LogP contribution in [0.1, 0.15) is 28.9 Å². The minimum absolute atomic E-state index is 0.119. The molecule has 0 bridgehead atoms. The molecule has 1 heterocycles. The first-order chi connectivity index (χ1) is 10.1. The minimum atomic E-state index is -0.969. The summed E-state index contributed by atoms with van der Waals surface area (Å²) in [6.45, 7) is 0. The molecule has 0 amide bonds. The van der Waals surface area contributed by atoms with Crippen molar-refractivity contribution in [3.8, 4) is 17.2 Å². The third kappa shape index (κ3) is 2.40. The predicted molar refractivity (Wildman–Crippen MR) is 80.2 cm³/mol. The molecule has 0 spiro atoms. The lowest BCUT2D eigenvalue weighted by molar-refractivity contribution is 0.0687. The molecule has 0 saturated heterocycles. The van der Waals surface area contributed by atoms with E-state index in [2.05, 4.69) is 0 Å². The molecule has 0 unspecified atom stereocenters. The first-order valence-electron chi connectivity index (χ1n) is 6.72. The van der Waals surface area contributed by atoms with Crippen LogP contribution in [0.2, 0.25) is 0 Å². The highest BCUT2D eigenvalue weighted by Crippen LogP contribution is 2.44. The van der Waals surface area contributed by atoms with E-state index in [1.165, 1.54) is 11.3 Å². The first-order valence-corrected chi connectivity index (χ1v) is 7.54. The van der Waals surface area contributed by atoms with Gasteiger partial charge in [-0.2, -0.15) is 0 Å². The van der Waals surface area contributed by atoms with E-state index in [-0.39, 0.29) is 11.0 Å². The van der Waals surface area contributed by atoms with Crippen molar-refractivity contribution < 1.29 is 24.1 Å². The van der Waals surface area contributed by atoms with Gasteiger partial charge in [-0.15, -0.1) is 11.3 Å². The maximum Gasteiger partial charge on any atom is 0.349 e. The molecule has 1 aliphatic carbocycles. The van der Waals surface area contributed by atoms with Crippen LogP contribution in [0.5, 0.6) is 17.2 Å². The molecule has 0 radical (unpaired) electrons. The van der Waals surface area contributed by atoms with E-state index in [0.717, 1.165) is 29.3 Å². The van der Waals surface area contributed by atoms with Gasteiger partial charge in [0.05, 0.1) is 20.3 Å². The Labute approximate surface area is 126 Å². The van der Waals surface area contributed by atoms with Crippen molar-refractivity contribution in [2.24, 2.45) is 0 Å². The van der Waals surface area contributed by atoms with Gasteiger partial charge in [0, 0.05) is 16.2 Å². The van der Waals surface area contributed by atoms with Crippen LogP contribution in [0.25, 0.3) is 10.1 Å². The number of benzene rings is 1. The Balaban J connectivity index is 2.15. The Hall–Kier alpha value is -1.95. The molecule has 1 N–H and O–H groups in total. The Morgan fingerprint density at radius 2 is 1.90 bits per heavy atom. The lowest BCUT2D eigenvalue weighted by atomic mass is 9.96. The number of carbonyl (C=O) groups is 1. The summed E-state index contributed by atoms with van der Waals surface area (Å²) in [5.41, 5.74) is 0. The molecular weight excluding hydrogens is 292 g/mol. The lowest BCUT2D eigenvalue weighted by Gasteiger charge is -2.26. The number of aromatic carboxylic acids is 1. The van der Waals surface area contributed by atoms with Crippen LogP contribution in [0.15, 0.2) is 12.1 Å². The fourth-order valence-corrected chi connectivity index (χ4v) is 3.30. The van der Waals surface area contributed by atoms with Crippen molar-refractivity contribution in [2.75, 3.05) is 14.2 Å². The summed E-state index contributed by atoms with van der Waals surface area (Å²) < 4.78 is 17.3. The Morgan fingerprint density at radius 3 is 2.43 bits per heavy atom. The highest BCUT2D eigenvalue weighted by molar-refractivity contribution is 7.21. The Bertz CT molecular complexity index is 687. The number of carboxylic acid groups (broad SMARTS) is 1. The number of methoxy groups -OCH3 is 2. The topological polar surface area (TPSA) is 65.0 Å². The Morgan fingerprint density at radius 1 is 1.24 bits per heavy atom. The lowest BCUT2D eigenvalue weighted by Crippen LogP contribution is -2.25. The molecule has 0 aliphatic heterocycles. The minimum Gasteiger partial charge on any atom is -0.493 e.